The zero-order valence-corrected chi connectivity index (χ0v) is 11.8. The Kier molecular flexibility index (Phi) is 5.13. The quantitative estimate of drug-likeness (QED) is 0.602. The lowest BCUT2D eigenvalue weighted by Gasteiger charge is -2.13. The summed E-state index contributed by atoms with van der Waals surface area (Å²) >= 11 is 0. The molecule has 18 heavy (non-hydrogen) atoms. The van der Waals surface area contributed by atoms with Crippen molar-refractivity contribution in [3.05, 3.63) is 23.3 Å². The largest absolute Gasteiger partial charge is 0.398 e. The number of rotatable bonds is 6. The molecule has 1 aromatic carbocycles. The highest BCUT2D eigenvalue weighted by Gasteiger charge is 2.20. The van der Waals surface area contributed by atoms with Gasteiger partial charge in [-0.25, -0.2) is 13.1 Å². The van der Waals surface area contributed by atoms with E-state index >= 15 is 0 Å². The Morgan fingerprint density at radius 1 is 1.33 bits per heavy atom. The third-order valence-corrected chi connectivity index (χ3v) is 4.48. The lowest BCUT2D eigenvalue weighted by Crippen LogP contribution is -2.27. The molecule has 0 bridgehead atoms. The second kappa shape index (κ2) is 6.17. The van der Waals surface area contributed by atoms with Crippen LogP contribution in [0.2, 0.25) is 0 Å². The van der Waals surface area contributed by atoms with E-state index in [9.17, 15) is 8.42 Å². The van der Waals surface area contributed by atoms with E-state index in [1.54, 1.807) is 33.1 Å². The summed E-state index contributed by atoms with van der Waals surface area (Å²) in [6, 6.07) is 3.43. The van der Waals surface area contributed by atoms with Crippen LogP contribution in [0.3, 0.4) is 0 Å². The van der Waals surface area contributed by atoms with Gasteiger partial charge < -0.3 is 10.5 Å². The molecular formula is C12H20N2O3S. The number of ether oxygens (including phenoxy) is 1. The van der Waals surface area contributed by atoms with E-state index in [0.29, 0.717) is 36.4 Å². The van der Waals surface area contributed by atoms with Crippen molar-refractivity contribution >= 4 is 15.7 Å². The van der Waals surface area contributed by atoms with E-state index in [1.165, 1.54) is 0 Å². The molecule has 3 N–H and O–H groups in total. The van der Waals surface area contributed by atoms with Crippen molar-refractivity contribution in [1.82, 2.24) is 4.72 Å². The van der Waals surface area contributed by atoms with Gasteiger partial charge in [-0.1, -0.05) is 6.07 Å². The van der Waals surface area contributed by atoms with E-state index in [1.807, 2.05) is 0 Å². The number of nitrogens with two attached hydrogens (primary N) is 1. The van der Waals surface area contributed by atoms with Gasteiger partial charge >= 0.3 is 0 Å². The number of methoxy groups -OCH3 is 1. The molecular weight excluding hydrogens is 252 g/mol. The van der Waals surface area contributed by atoms with Gasteiger partial charge in [0.2, 0.25) is 10.0 Å². The Balaban J connectivity index is 2.95. The number of aryl methyl sites for hydroxylation is 1. The zero-order valence-electron chi connectivity index (χ0n) is 11.0. The predicted octanol–water partition coefficient (Wildman–Crippen LogP) is 1.20. The molecule has 0 fully saturated rings. The minimum atomic E-state index is -3.51. The van der Waals surface area contributed by atoms with E-state index in [4.69, 9.17) is 10.5 Å². The number of nitrogens with one attached hydrogen (secondary N) is 1. The van der Waals surface area contributed by atoms with Crippen LogP contribution in [0.25, 0.3) is 0 Å². The SMILES string of the molecule is COCCCNS(=O)(=O)c1c(C)ccc(N)c1C. The van der Waals surface area contributed by atoms with Crippen LogP contribution in [0.1, 0.15) is 17.5 Å². The zero-order chi connectivity index (χ0) is 13.8. The van der Waals surface area contributed by atoms with Crippen LogP contribution in [0.4, 0.5) is 5.69 Å². The summed E-state index contributed by atoms with van der Waals surface area (Å²) in [6.07, 6.45) is 0.635. The molecule has 0 atom stereocenters. The van der Waals surface area contributed by atoms with Crippen molar-refractivity contribution < 1.29 is 13.2 Å². The molecule has 0 aromatic heterocycles. The van der Waals surface area contributed by atoms with Gasteiger partial charge in [0.1, 0.15) is 0 Å². The van der Waals surface area contributed by atoms with Crippen LogP contribution in [-0.4, -0.2) is 28.7 Å². The highest BCUT2D eigenvalue weighted by atomic mass is 32.2. The Hall–Kier alpha value is -1.11. The smallest absolute Gasteiger partial charge is 0.241 e. The van der Waals surface area contributed by atoms with Crippen LogP contribution < -0.4 is 10.5 Å². The monoisotopic (exact) mass is 272 g/mol. The van der Waals surface area contributed by atoms with Crippen LogP contribution in [0.15, 0.2) is 17.0 Å². The normalized spacial score (nSPS) is 11.7. The van der Waals surface area contributed by atoms with Crippen molar-refractivity contribution in [3.8, 4) is 0 Å². The third kappa shape index (κ3) is 3.44. The van der Waals surface area contributed by atoms with Gasteiger partial charge in [0, 0.05) is 25.9 Å². The van der Waals surface area contributed by atoms with Gasteiger partial charge in [0.05, 0.1) is 4.90 Å². The molecule has 0 heterocycles. The molecule has 0 radical (unpaired) electrons. The molecule has 0 saturated carbocycles. The van der Waals surface area contributed by atoms with Crippen LogP contribution in [-0.2, 0) is 14.8 Å². The maximum Gasteiger partial charge on any atom is 0.241 e. The molecule has 0 aliphatic heterocycles. The fourth-order valence-electron chi connectivity index (χ4n) is 1.75. The number of hydrogen-bond acceptors (Lipinski definition) is 4. The average Bonchev–Trinajstić information content (AvgIpc) is 2.30. The van der Waals surface area contributed by atoms with Gasteiger partial charge in [-0.05, 0) is 37.5 Å². The first kappa shape index (κ1) is 14.9. The lowest BCUT2D eigenvalue weighted by atomic mass is 10.1. The fourth-order valence-corrected chi connectivity index (χ4v) is 3.32. The molecule has 5 nitrogen and oxygen atoms in total. The van der Waals surface area contributed by atoms with Crippen LogP contribution in [0.5, 0.6) is 0 Å². The van der Waals surface area contributed by atoms with Crippen molar-refractivity contribution in [3.63, 3.8) is 0 Å². The van der Waals surface area contributed by atoms with Crippen LogP contribution >= 0.6 is 0 Å². The molecule has 6 heteroatoms. The summed E-state index contributed by atoms with van der Waals surface area (Å²) < 4.78 is 31.8. The van der Waals surface area contributed by atoms with Crippen molar-refractivity contribution in [1.29, 1.82) is 0 Å². The van der Waals surface area contributed by atoms with E-state index in [0.717, 1.165) is 0 Å². The lowest BCUT2D eigenvalue weighted by molar-refractivity contribution is 0.196. The molecule has 0 amide bonds. The second-order valence-electron chi connectivity index (χ2n) is 4.17. The number of hydrogen-bond donors (Lipinski definition) is 2. The van der Waals surface area contributed by atoms with Crippen molar-refractivity contribution in [2.75, 3.05) is 26.0 Å². The Morgan fingerprint density at radius 3 is 2.61 bits per heavy atom. The minimum absolute atomic E-state index is 0.278. The number of sulfonamides is 1. The molecule has 0 aliphatic rings. The maximum atomic E-state index is 12.2. The number of benzene rings is 1. The summed E-state index contributed by atoms with van der Waals surface area (Å²) in [5.74, 6) is 0. The molecule has 0 saturated heterocycles. The molecule has 1 aromatic rings. The summed E-state index contributed by atoms with van der Waals surface area (Å²) in [6.45, 7) is 4.35. The molecule has 1 rings (SSSR count). The van der Waals surface area contributed by atoms with Crippen molar-refractivity contribution in [2.24, 2.45) is 0 Å². The number of nitrogen functional groups attached to an aromatic ring is 1. The maximum absolute atomic E-state index is 12.2. The number of anilines is 1. The van der Waals surface area contributed by atoms with E-state index < -0.39 is 10.0 Å². The summed E-state index contributed by atoms with van der Waals surface area (Å²) in [5, 5.41) is 0. The summed E-state index contributed by atoms with van der Waals surface area (Å²) in [7, 11) is -1.93. The molecule has 102 valence electrons. The highest BCUT2D eigenvalue weighted by Crippen LogP contribution is 2.24. The van der Waals surface area contributed by atoms with Crippen molar-refractivity contribution in [2.45, 2.75) is 25.2 Å². The summed E-state index contributed by atoms with van der Waals surface area (Å²) in [5.41, 5.74) is 7.52. The van der Waals surface area contributed by atoms with E-state index in [2.05, 4.69) is 4.72 Å². The minimum Gasteiger partial charge on any atom is -0.398 e. The van der Waals surface area contributed by atoms with Gasteiger partial charge in [-0.2, -0.15) is 0 Å². The van der Waals surface area contributed by atoms with Gasteiger partial charge in [0.15, 0.2) is 0 Å². The first-order valence-electron chi connectivity index (χ1n) is 5.74. The van der Waals surface area contributed by atoms with Crippen LogP contribution in [0, 0.1) is 13.8 Å². The molecule has 0 spiro atoms. The second-order valence-corrected chi connectivity index (χ2v) is 5.87. The first-order valence-corrected chi connectivity index (χ1v) is 7.22. The molecule has 0 unspecified atom stereocenters. The highest BCUT2D eigenvalue weighted by molar-refractivity contribution is 7.89. The summed E-state index contributed by atoms with van der Waals surface area (Å²) in [4.78, 5) is 0.278. The topological polar surface area (TPSA) is 81.4 Å². The first-order chi connectivity index (χ1) is 8.40. The van der Waals surface area contributed by atoms with E-state index in [-0.39, 0.29) is 4.90 Å². The third-order valence-electron chi connectivity index (χ3n) is 2.73. The Morgan fingerprint density at radius 2 is 2.00 bits per heavy atom. The molecule has 0 aliphatic carbocycles. The predicted molar refractivity (Wildman–Crippen MR) is 72.0 cm³/mol. The van der Waals surface area contributed by atoms with Gasteiger partial charge in [0.25, 0.3) is 0 Å². The van der Waals surface area contributed by atoms with Gasteiger partial charge in [-0.15, -0.1) is 0 Å². The Labute approximate surface area is 108 Å². The standard InChI is InChI=1S/C12H20N2O3S/c1-9-5-6-11(13)10(2)12(9)18(15,16)14-7-4-8-17-3/h5-6,14H,4,7-8,13H2,1-3H3. The van der Waals surface area contributed by atoms with Gasteiger partial charge in [-0.3, -0.25) is 0 Å². The average molecular weight is 272 g/mol. The fraction of sp³-hybridized carbons (Fsp3) is 0.500. The Bertz CT molecular complexity index is 512.